The molecular formula is C19H24N4O. The molecule has 5 heteroatoms. The maximum Gasteiger partial charge on any atom is 0.253 e. The minimum atomic E-state index is -0.103. The van der Waals surface area contributed by atoms with Gasteiger partial charge in [-0.25, -0.2) is 0 Å². The van der Waals surface area contributed by atoms with Gasteiger partial charge in [-0.15, -0.1) is 0 Å². The Morgan fingerprint density at radius 2 is 1.83 bits per heavy atom. The highest BCUT2D eigenvalue weighted by Crippen LogP contribution is 2.13. The first kappa shape index (κ1) is 18.0. The maximum atomic E-state index is 12.5. The number of rotatable bonds is 6. The van der Waals surface area contributed by atoms with E-state index in [0.717, 1.165) is 25.1 Å². The van der Waals surface area contributed by atoms with Gasteiger partial charge < -0.3 is 4.90 Å². The summed E-state index contributed by atoms with van der Waals surface area (Å²) in [5, 5.41) is 17.8. The fourth-order valence-electron chi connectivity index (χ4n) is 2.95. The van der Waals surface area contributed by atoms with E-state index in [4.69, 9.17) is 10.5 Å². The van der Waals surface area contributed by atoms with E-state index in [2.05, 4.69) is 24.0 Å². The van der Waals surface area contributed by atoms with Crippen molar-refractivity contribution in [1.82, 2.24) is 9.80 Å². The van der Waals surface area contributed by atoms with Gasteiger partial charge in [-0.05, 0) is 30.5 Å². The minimum absolute atomic E-state index is 0.0821. The number of amides is 1. The first-order chi connectivity index (χ1) is 11.7. The minimum Gasteiger partial charge on any atom is -0.336 e. The fraction of sp³-hybridized carbons (Fsp3) is 0.526. The molecule has 0 aromatic heterocycles. The summed E-state index contributed by atoms with van der Waals surface area (Å²) in [6.07, 6.45) is 2.01. The van der Waals surface area contributed by atoms with E-state index < -0.39 is 0 Å². The van der Waals surface area contributed by atoms with Crippen molar-refractivity contribution in [2.75, 3.05) is 32.7 Å². The molecule has 1 aliphatic heterocycles. The van der Waals surface area contributed by atoms with Gasteiger partial charge in [-0.3, -0.25) is 9.69 Å². The molecule has 1 amide bonds. The van der Waals surface area contributed by atoms with Crippen LogP contribution < -0.4 is 0 Å². The smallest absolute Gasteiger partial charge is 0.253 e. The SMILES string of the molecule is CCc1ccc(C(=O)N2CCN(C[C@H](C#N)CCC#N)CC2)cc1. The zero-order chi connectivity index (χ0) is 17.4. The van der Waals surface area contributed by atoms with E-state index in [1.807, 2.05) is 29.2 Å². The summed E-state index contributed by atoms with van der Waals surface area (Å²) in [6.45, 7) is 5.72. The van der Waals surface area contributed by atoms with Crippen molar-refractivity contribution in [3.05, 3.63) is 35.4 Å². The zero-order valence-corrected chi connectivity index (χ0v) is 14.2. The van der Waals surface area contributed by atoms with Crippen molar-refractivity contribution in [3.8, 4) is 12.1 Å². The quantitative estimate of drug-likeness (QED) is 0.806. The lowest BCUT2D eigenvalue weighted by molar-refractivity contribution is 0.0625. The summed E-state index contributed by atoms with van der Waals surface area (Å²) >= 11 is 0. The van der Waals surface area contributed by atoms with Gasteiger partial charge in [0.25, 0.3) is 5.91 Å². The molecule has 0 bridgehead atoms. The summed E-state index contributed by atoms with van der Waals surface area (Å²) in [6, 6.07) is 12.2. The predicted octanol–water partition coefficient (Wildman–Crippen LogP) is 2.45. The van der Waals surface area contributed by atoms with Crippen LogP contribution in [0.2, 0.25) is 0 Å². The highest BCUT2D eigenvalue weighted by atomic mass is 16.2. The average Bonchev–Trinajstić information content (AvgIpc) is 2.65. The number of nitriles is 2. The van der Waals surface area contributed by atoms with Crippen LogP contribution in [0.15, 0.2) is 24.3 Å². The number of hydrogen-bond donors (Lipinski definition) is 0. The number of carbonyl (C=O) groups excluding carboxylic acids is 1. The number of aryl methyl sites for hydroxylation is 1. The number of carbonyl (C=O) groups is 1. The lowest BCUT2D eigenvalue weighted by atomic mass is 10.0. The van der Waals surface area contributed by atoms with Crippen LogP contribution in [0.5, 0.6) is 0 Å². The molecule has 0 spiro atoms. The van der Waals surface area contributed by atoms with Gasteiger partial charge >= 0.3 is 0 Å². The third-order valence-corrected chi connectivity index (χ3v) is 4.53. The van der Waals surface area contributed by atoms with Gasteiger partial charge in [-0.2, -0.15) is 10.5 Å². The number of piperazine rings is 1. The highest BCUT2D eigenvalue weighted by molar-refractivity contribution is 5.94. The van der Waals surface area contributed by atoms with Gasteiger partial charge in [0.1, 0.15) is 0 Å². The van der Waals surface area contributed by atoms with E-state index in [1.54, 1.807) is 0 Å². The van der Waals surface area contributed by atoms with Crippen LogP contribution in [-0.4, -0.2) is 48.4 Å². The molecule has 126 valence electrons. The topological polar surface area (TPSA) is 71.1 Å². The average molecular weight is 324 g/mol. The van der Waals surface area contributed by atoms with E-state index in [-0.39, 0.29) is 11.8 Å². The van der Waals surface area contributed by atoms with Gasteiger partial charge in [0, 0.05) is 44.7 Å². The van der Waals surface area contributed by atoms with Crippen LogP contribution in [0.1, 0.15) is 35.7 Å². The van der Waals surface area contributed by atoms with E-state index in [0.29, 0.717) is 32.5 Å². The summed E-state index contributed by atoms with van der Waals surface area (Å²) in [5.41, 5.74) is 1.97. The van der Waals surface area contributed by atoms with E-state index >= 15 is 0 Å². The standard InChI is InChI=1S/C19H24N4O/c1-2-16-5-7-18(8-6-16)19(24)23-12-10-22(11-13-23)15-17(14-21)4-3-9-20/h5-8,17H,2-4,10-13,15H2,1H3/t17-/m0/s1. The van der Waals surface area contributed by atoms with Crippen LogP contribution in [0.25, 0.3) is 0 Å². The zero-order valence-electron chi connectivity index (χ0n) is 14.2. The third kappa shape index (κ3) is 4.81. The van der Waals surface area contributed by atoms with Crippen molar-refractivity contribution < 1.29 is 4.79 Å². The molecule has 1 aromatic carbocycles. The van der Waals surface area contributed by atoms with Crippen LogP contribution in [0, 0.1) is 28.6 Å². The largest absolute Gasteiger partial charge is 0.336 e. The normalized spacial score (nSPS) is 16.2. The first-order valence-corrected chi connectivity index (χ1v) is 8.55. The monoisotopic (exact) mass is 324 g/mol. The van der Waals surface area contributed by atoms with Gasteiger partial charge in [0.15, 0.2) is 0 Å². The van der Waals surface area contributed by atoms with Crippen LogP contribution >= 0.6 is 0 Å². The lowest BCUT2D eigenvalue weighted by Gasteiger charge is -2.35. The second-order valence-corrected chi connectivity index (χ2v) is 6.17. The Kier molecular flexibility index (Phi) is 6.78. The Labute approximate surface area is 144 Å². The molecule has 0 N–H and O–H groups in total. The highest BCUT2D eigenvalue weighted by Gasteiger charge is 2.23. The molecule has 2 rings (SSSR count). The fourth-order valence-corrected chi connectivity index (χ4v) is 2.95. The van der Waals surface area contributed by atoms with Crippen LogP contribution in [0.3, 0.4) is 0 Å². The summed E-state index contributed by atoms with van der Waals surface area (Å²) < 4.78 is 0. The first-order valence-electron chi connectivity index (χ1n) is 8.55. The van der Waals surface area contributed by atoms with Crippen molar-refractivity contribution in [3.63, 3.8) is 0 Å². The molecule has 1 aliphatic rings. The molecule has 1 fully saturated rings. The molecule has 0 aliphatic carbocycles. The van der Waals surface area contributed by atoms with Crippen LogP contribution in [0.4, 0.5) is 0 Å². The van der Waals surface area contributed by atoms with Crippen LogP contribution in [-0.2, 0) is 6.42 Å². The summed E-state index contributed by atoms with van der Waals surface area (Å²) in [4.78, 5) is 16.6. The lowest BCUT2D eigenvalue weighted by Crippen LogP contribution is -2.49. The van der Waals surface area contributed by atoms with Crippen molar-refractivity contribution >= 4 is 5.91 Å². The molecule has 0 radical (unpaired) electrons. The van der Waals surface area contributed by atoms with Gasteiger partial charge in [0.2, 0.25) is 0 Å². The van der Waals surface area contributed by atoms with Crippen molar-refractivity contribution in [2.24, 2.45) is 5.92 Å². The molecular weight excluding hydrogens is 300 g/mol. The number of benzene rings is 1. The Bertz CT molecular complexity index is 618. The molecule has 5 nitrogen and oxygen atoms in total. The van der Waals surface area contributed by atoms with Gasteiger partial charge in [-0.1, -0.05) is 19.1 Å². The Morgan fingerprint density at radius 3 is 2.38 bits per heavy atom. The Balaban J connectivity index is 1.84. The molecule has 1 atom stereocenters. The van der Waals surface area contributed by atoms with Crippen molar-refractivity contribution in [1.29, 1.82) is 10.5 Å². The second-order valence-electron chi connectivity index (χ2n) is 6.17. The third-order valence-electron chi connectivity index (χ3n) is 4.53. The Morgan fingerprint density at radius 1 is 1.17 bits per heavy atom. The maximum absolute atomic E-state index is 12.5. The molecule has 1 heterocycles. The molecule has 24 heavy (non-hydrogen) atoms. The number of nitrogens with zero attached hydrogens (tertiary/aromatic N) is 4. The molecule has 0 saturated carbocycles. The molecule has 1 aromatic rings. The molecule has 0 unspecified atom stereocenters. The predicted molar refractivity (Wildman–Crippen MR) is 92.1 cm³/mol. The Hall–Kier alpha value is -2.37. The number of hydrogen-bond acceptors (Lipinski definition) is 4. The van der Waals surface area contributed by atoms with Crippen molar-refractivity contribution in [2.45, 2.75) is 26.2 Å². The summed E-state index contributed by atoms with van der Waals surface area (Å²) in [7, 11) is 0. The van der Waals surface area contributed by atoms with E-state index in [1.165, 1.54) is 5.56 Å². The van der Waals surface area contributed by atoms with E-state index in [9.17, 15) is 4.79 Å². The van der Waals surface area contributed by atoms with Gasteiger partial charge in [0.05, 0.1) is 18.1 Å². The molecule has 1 saturated heterocycles. The second kappa shape index (κ2) is 9.05. The summed E-state index contributed by atoms with van der Waals surface area (Å²) in [5.74, 6) is -0.0212.